The van der Waals surface area contributed by atoms with Crippen molar-refractivity contribution in [2.45, 2.75) is 113 Å². The second-order valence-electron chi connectivity index (χ2n) is 15.2. The van der Waals surface area contributed by atoms with E-state index in [1.54, 1.807) is 24.3 Å². The standard InChI is InChI=1S/C38H50F2N10O13P2S/c1-57-64(54,55)58-20-28-33(31(40)37(62-28)49-17-15-29(51)47-38(49)53)63-65(56,59-19-26-18-27(39)36(61-26)50-23-45-32-34(41)43-22-44-35(32)50)66-21-24-11-13-25(14-12-24)60-30(52)10-8-6-4-2-3-5-7-9-16-46-48-42/h11-15,17,22-23,26-28,31,33,36-37H,2-10,16,18-21H2,1H3,(H,54,55)(H2,41,43,44)(H,47,51,53)/t26-,27+,28+,31+,33+,36+,37+,65?/m0/s1. The normalized spacial score (nSPS) is 23.6. The molecule has 66 heavy (non-hydrogen) atoms. The Kier molecular flexibility index (Phi) is 18.4. The molecular weight excluding hydrogens is 936 g/mol. The number of alkyl halides is 2. The third kappa shape index (κ3) is 14.0. The van der Waals surface area contributed by atoms with Crippen LogP contribution in [0.3, 0.4) is 0 Å². The number of nitrogens with one attached hydrogen (secondary N) is 1. The lowest BCUT2D eigenvalue weighted by atomic mass is 10.1. The van der Waals surface area contributed by atoms with E-state index in [1.807, 2.05) is 4.98 Å². The molecule has 4 aromatic rings. The number of nitrogens with two attached hydrogens (primary N) is 1. The van der Waals surface area contributed by atoms with Gasteiger partial charge in [0.2, 0.25) is 0 Å². The van der Waals surface area contributed by atoms with Crippen LogP contribution in [0.2, 0.25) is 0 Å². The molecule has 3 aromatic heterocycles. The molecule has 0 saturated carbocycles. The van der Waals surface area contributed by atoms with Crippen LogP contribution in [-0.4, -0.2) is 97.5 Å². The van der Waals surface area contributed by atoms with Gasteiger partial charge >= 0.3 is 26.3 Å². The van der Waals surface area contributed by atoms with E-state index in [-0.39, 0.29) is 41.3 Å². The number of anilines is 1. The Labute approximate surface area is 379 Å². The number of carbonyl (C=O) groups is 1. The number of hydrogen-bond acceptors (Lipinski definition) is 18. The molecule has 2 aliphatic rings. The van der Waals surface area contributed by atoms with Gasteiger partial charge in [0, 0.05) is 49.4 Å². The van der Waals surface area contributed by atoms with Gasteiger partial charge in [0.15, 0.2) is 30.1 Å². The maximum absolute atomic E-state index is 16.5. The molecule has 360 valence electrons. The third-order valence-corrected chi connectivity index (χ3v) is 15.1. The molecule has 0 bridgehead atoms. The molecule has 1 aromatic carbocycles. The van der Waals surface area contributed by atoms with Crippen molar-refractivity contribution in [1.29, 1.82) is 0 Å². The number of ether oxygens (including phenoxy) is 3. The molecule has 9 atom stereocenters. The van der Waals surface area contributed by atoms with Crippen molar-refractivity contribution in [2.75, 3.05) is 32.6 Å². The average molecular weight is 987 g/mol. The number of nitrogen functional groups attached to an aromatic ring is 1. The van der Waals surface area contributed by atoms with E-state index >= 15 is 8.78 Å². The number of nitrogens with zero attached hydrogens (tertiary/aromatic N) is 8. The summed E-state index contributed by atoms with van der Waals surface area (Å²) in [6, 6.07) is 7.23. The fraction of sp³-hybridized carbons (Fsp3) is 0.579. The van der Waals surface area contributed by atoms with Gasteiger partial charge < -0.3 is 24.8 Å². The zero-order valence-corrected chi connectivity index (χ0v) is 38.2. The second-order valence-corrected chi connectivity index (χ2v) is 20.8. The first kappa shape index (κ1) is 50.8. The van der Waals surface area contributed by atoms with Gasteiger partial charge in [-0.25, -0.2) is 37.7 Å². The minimum Gasteiger partial charge on any atom is -0.427 e. The molecule has 0 aliphatic carbocycles. The molecule has 4 N–H and O–H groups in total. The summed E-state index contributed by atoms with van der Waals surface area (Å²) in [7, 11) is -3.79. The lowest BCUT2D eigenvalue weighted by molar-refractivity contribution is -0.134. The lowest BCUT2D eigenvalue weighted by Gasteiger charge is -2.26. The maximum Gasteiger partial charge on any atom is 0.472 e. The number of phosphoric ester groups is 1. The van der Waals surface area contributed by atoms with E-state index in [4.69, 9.17) is 39.0 Å². The average Bonchev–Trinajstić information content (AvgIpc) is 3.98. The van der Waals surface area contributed by atoms with Crippen molar-refractivity contribution >= 4 is 49.0 Å². The molecule has 0 radical (unpaired) electrons. The molecule has 28 heteroatoms. The Hall–Kier alpha value is -4.58. The molecule has 0 amide bonds. The minimum atomic E-state index is -4.69. The van der Waals surface area contributed by atoms with Gasteiger partial charge in [0.1, 0.15) is 36.0 Å². The molecule has 5 heterocycles. The van der Waals surface area contributed by atoms with E-state index < -0.39 is 88.2 Å². The SMILES string of the molecule is COP(=O)(O)OC[C@H]1O[C@@H](n2ccc(=O)[nH]c2=O)[C@H](F)[C@@H]1OP(=O)(OC[C@@H]1C[C@@H](F)[C@H](n2cnc3c(N)ncnc32)O1)SCc1ccc(OC(=O)CCCCCCCCCCN=[N+]=[N-])cc1. The molecule has 23 nitrogen and oxygen atoms in total. The van der Waals surface area contributed by atoms with Gasteiger partial charge in [-0.2, -0.15) is 0 Å². The van der Waals surface area contributed by atoms with Crippen LogP contribution in [0.4, 0.5) is 14.6 Å². The van der Waals surface area contributed by atoms with Crippen molar-refractivity contribution < 1.29 is 59.9 Å². The molecule has 2 saturated heterocycles. The number of azide groups is 1. The van der Waals surface area contributed by atoms with Crippen LogP contribution in [-0.2, 0) is 47.2 Å². The first-order valence-electron chi connectivity index (χ1n) is 20.9. The van der Waals surface area contributed by atoms with E-state index in [1.165, 1.54) is 17.2 Å². The number of esters is 1. The van der Waals surface area contributed by atoms with Crippen molar-refractivity contribution in [3.05, 3.63) is 86.0 Å². The van der Waals surface area contributed by atoms with Crippen LogP contribution >= 0.6 is 26.0 Å². The van der Waals surface area contributed by atoms with Crippen LogP contribution < -0.4 is 21.7 Å². The molecular formula is C38H50F2N10O13P2S. The second kappa shape index (κ2) is 23.9. The minimum absolute atomic E-state index is 0.0712. The number of H-pyrrole nitrogens is 1. The summed E-state index contributed by atoms with van der Waals surface area (Å²) in [4.78, 5) is 63.9. The van der Waals surface area contributed by atoms with Crippen molar-refractivity contribution in [1.82, 2.24) is 29.1 Å². The van der Waals surface area contributed by atoms with Gasteiger partial charge in [-0.05, 0) is 47.5 Å². The number of carbonyl (C=O) groups excluding carboxylic acids is 1. The Balaban J connectivity index is 1.12. The van der Waals surface area contributed by atoms with Crippen LogP contribution in [0.15, 0.2) is 63.9 Å². The highest BCUT2D eigenvalue weighted by Crippen LogP contribution is 2.64. The van der Waals surface area contributed by atoms with Crippen molar-refractivity contribution in [3.8, 4) is 5.75 Å². The quantitative estimate of drug-likeness (QED) is 0.0111. The first-order valence-corrected chi connectivity index (χ1v) is 25.6. The predicted molar refractivity (Wildman–Crippen MR) is 233 cm³/mol. The van der Waals surface area contributed by atoms with Crippen LogP contribution in [0.25, 0.3) is 21.6 Å². The Morgan fingerprint density at radius 2 is 1.73 bits per heavy atom. The van der Waals surface area contributed by atoms with Gasteiger partial charge in [0.25, 0.3) is 5.56 Å². The zero-order valence-electron chi connectivity index (χ0n) is 35.6. The Bertz CT molecular complexity index is 2520. The monoisotopic (exact) mass is 986 g/mol. The number of hydrogen-bond donors (Lipinski definition) is 3. The number of unbranched alkanes of at least 4 members (excludes halogenated alkanes) is 7. The molecule has 2 aliphatic heterocycles. The highest BCUT2D eigenvalue weighted by Gasteiger charge is 2.52. The largest absolute Gasteiger partial charge is 0.472 e. The van der Waals surface area contributed by atoms with Gasteiger partial charge in [0.05, 0.1) is 25.6 Å². The first-order chi connectivity index (χ1) is 31.7. The van der Waals surface area contributed by atoms with Crippen LogP contribution in [0, 0.1) is 0 Å². The molecule has 0 spiro atoms. The van der Waals surface area contributed by atoms with Gasteiger partial charge in [-0.1, -0.05) is 55.8 Å². The summed E-state index contributed by atoms with van der Waals surface area (Å²) < 4.78 is 99.6. The number of phosphoric acid groups is 1. The highest BCUT2D eigenvalue weighted by atomic mass is 32.7. The van der Waals surface area contributed by atoms with E-state index in [0.29, 0.717) is 34.5 Å². The zero-order chi connectivity index (χ0) is 47.3. The third-order valence-electron chi connectivity index (χ3n) is 10.5. The maximum atomic E-state index is 16.5. The summed E-state index contributed by atoms with van der Waals surface area (Å²) in [6.07, 6.45) is -0.575. The number of rotatable bonds is 26. The van der Waals surface area contributed by atoms with Crippen LogP contribution in [0.5, 0.6) is 5.75 Å². The summed E-state index contributed by atoms with van der Waals surface area (Å²) in [5.41, 5.74) is 13.4. The van der Waals surface area contributed by atoms with Crippen molar-refractivity contribution in [2.24, 2.45) is 5.11 Å². The number of aromatic nitrogens is 6. The fourth-order valence-corrected chi connectivity index (χ4v) is 10.9. The lowest BCUT2D eigenvalue weighted by Crippen LogP contribution is -2.36. The highest BCUT2D eigenvalue weighted by molar-refractivity contribution is 8.54. The predicted octanol–water partition coefficient (Wildman–Crippen LogP) is 6.75. The molecule has 6 rings (SSSR count). The topological polar surface area (TPSA) is 309 Å². The van der Waals surface area contributed by atoms with E-state index in [2.05, 4.69) is 29.5 Å². The Morgan fingerprint density at radius 3 is 2.44 bits per heavy atom. The summed E-state index contributed by atoms with van der Waals surface area (Å²) in [5, 5.41) is 3.53. The number of benzene rings is 1. The number of imidazole rings is 1. The van der Waals surface area contributed by atoms with Crippen LogP contribution in [0.1, 0.15) is 82.2 Å². The number of halogens is 2. The van der Waals surface area contributed by atoms with Gasteiger partial charge in [-0.3, -0.25) is 41.8 Å². The summed E-state index contributed by atoms with van der Waals surface area (Å²) in [5.74, 6) is -0.158. The number of fused-ring (bicyclic) bond motifs is 1. The van der Waals surface area contributed by atoms with E-state index in [0.717, 1.165) is 64.3 Å². The van der Waals surface area contributed by atoms with Crippen molar-refractivity contribution in [3.63, 3.8) is 0 Å². The van der Waals surface area contributed by atoms with E-state index in [9.17, 15) is 28.4 Å². The number of aromatic amines is 1. The Morgan fingerprint density at radius 1 is 1.00 bits per heavy atom. The summed E-state index contributed by atoms with van der Waals surface area (Å²) >= 11 is 0.612. The summed E-state index contributed by atoms with van der Waals surface area (Å²) in [6.45, 7) is -5.50. The fourth-order valence-electron chi connectivity index (χ4n) is 7.10. The smallest absolute Gasteiger partial charge is 0.427 e. The van der Waals surface area contributed by atoms with Gasteiger partial charge in [-0.15, -0.1) is 0 Å². The molecule has 2 unspecified atom stereocenters. The molecule has 2 fully saturated rings.